The smallest absolute Gasteiger partial charge is 0.276 e. The SMILES string of the molecule is Cc1c(CN2CCC[C@@H](N3CCN(c4ccccc4)CC3)C2)c(=O)n(-c2ccccc2)n1C. The number of para-hydroxylation sites is 2. The van der Waals surface area contributed by atoms with Crippen LogP contribution < -0.4 is 10.5 Å². The van der Waals surface area contributed by atoms with E-state index in [0.29, 0.717) is 6.04 Å². The summed E-state index contributed by atoms with van der Waals surface area (Å²) in [6.45, 7) is 9.31. The third kappa shape index (κ3) is 4.50. The number of anilines is 1. The molecule has 0 N–H and O–H groups in total. The largest absolute Gasteiger partial charge is 0.369 e. The molecule has 2 aliphatic heterocycles. The molecule has 1 atom stereocenters. The Morgan fingerprint density at radius 2 is 1.48 bits per heavy atom. The van der Waals surface area contributed by atoms with E-state index in [9.17, 15) is 4.79 Å². The number of hydrogen-bond donors (Lipinski definition) is 0. The highest BCUT2D eigenvalue weighted by molar-refractivity contribution is 5.46. The van der Waals surface area contributed by atoms with Crippen LogP contribution in [0.25, 0.3) is 5.69 Å². The monoisotopic (exact) mass is 445 g/mol. The van der Waals surface area contributed by atoms with Crippen molar-refractivity contribution in [1.29, 1.82) is 0 Å². The molecule has 1 aromatic heterocycles. The number of hydrogen-bond acceptors (Lipinski definition) is 4. The third-order valence-corrected chi connectivity index (χ3v) is 7.49. The fourth-order valence-electron chi connectivity index (χ4n) is 5.49. The molecule has 3 aromatic rings. The zero-order valence-electron chi connectivity index (χ0n) is 19.9. The van der Waals surface area contributed by atoms with Crippen LogP contribution in [0.1, 0.15) is 24.1 Å². The molecule has 5 rings (SSSR count). The predicted molar refractivity (Wildman–Crippen MR) is 134 cm³/mol. The van der Waals surface area contributed by atoms with E-state index < -0.39 is 0 Å². The molecule has 0 spiro atoms. The molecule has 33 heavy (non-hydrogen) atoms. The topological polar surface area (TPSA) is 36.6 Å². The molecule has 0 aliphatic carbocycles. The van der Waals surface area contributed by atoms with Gasteiger partial charge in [-0.15, -0.1) is 0 Å². The van der Waals surface area contributed by atoms with E-state index >= 15 is 0 Å². The Morgan fingerprint density at radius 1 is 0.848 bits per heavy atom. The molecule has 2 saturated heterocycles. The number of likely N-dealkylation sites (tertiary alicyclic amines) is 1. The average molecular weight is 446 g/mol. The van der Waals surface area contributed by atoms with E-state index in [1.807, 2.05) is 42.1 Å². The number of benzene rings is 2. The molecule has 2 aromatic carbocycles. The third-order valence-electron chi connectivity index (χ3n) is 7.49. The first kappa shape index (κ1) is 22.0. The Kier molecular flexibility index (Phi) is 6.38. The summed E-state index contributed by atoms with van der Waals surface area (Å²) in [5, 5.41) is 0. The fourth-order valence-corrected chi connectivity index (χ4v) is 5.49. The lowest BCUT2D eigenvalue weighted by atomic mass is 10.0. The summed E-state index contributed by atoms with van der Waals surface area (Å²) >= 11 is 0. The first-order valence-electron chi connectivity index (χ1n) is 12.2. The number of rotatable bonds is 5. The molecule has 2 aliphatic rings. The highest BCUT2D eigenvalue weighted by Crippen LogP contribution is 2.22. The van der Waals surface area contributed by atoms with Gasteiger partial charge in [-0.05, 0) is 50.6 Å². The maximum atomic E-state index is 13.3. The predicted octanol–water partition coefficient (Wildman–Crippen LogP) is 3.27. The normalized spacial score (nSPS) is 20.3. The molecular formula is C27H35N5O. The second-order valence-electron chi connectivity index (χ2n) is 9.43. The minimum Gasteiger partial charge on any atom is -0.369 e. The van der Waals surface area contributed by atoms with Crippen LogP contribution in [-0.4, -0.2) is 64.5 Å². The average Bonchev–Trinajstić information content (AvgIpc) is 3.08. The minimum absolute atomic E-state index is 0.111. The molecule has 2 fully saturated rings. The summed E-state index contributed by atoms with van der Waals surface area (Å²) in [4.78, 5) is 21.0. The standard InChI is InChI=1S/C27H35N5O/c1-22-26(27(33)32(28(22)2)24-12-7-4-8-13-24)21-29-15-9-14-25(20-29)31-18-16-30(17-19-31)23-10-5-3-6-11-23/h3-8,10-13,25H,9,14-21H2,1-2H3/t25-/m1/s1. The van der Waals surface area contributed by atoms with Crippen LogP contribution in [0.3, 0.4) is 0 Å². The van der Waals surface area contributed by atoms with E-state index in [1.165, 1.54) is 18.5 Å². The Hall–Kier alpha value is -2.83. The first-order valence-corrected chi connectivity index (χ1v) is 12.2. The Balaban J connectivity index is 1.25. The molecule has 3 heterocycles. The van der Waals surface area contributed by atoms with Gasteiger partial charge in [0, 0.05) is 63.7 Å². The summed E-state index contributed by atoms with van der Waals surface area (Å²) < 4.78 is 3.80. The lowest BCUT2D eigenvalue weighted by Crippen LogP contribution is -2.55. The van der Waals surface area contributed by atoms with Crippen LogP contribution in [0, 0.1) is 6.92 Å². The van der Waals surface area contributed by atoms with Gasteiger partial charge in [0.15, 0.2) is 0 Å². The van der Waals surface area contributed by atoms with Crippen molar-refractivity contribution < 1.29 is 0 Å². The number of nitrogens with zero attached hydrogens (tertiary/aromatic N) is 5. The van der Waals surface area contributed by atoms with E-state index in [0.717, 1.165) is 62.8 Å². The van der Waals surface area contributed by atoms with Crippen molar-refractivity contribution in [1.82, 2.24) is 19.2 Å². The summed E-state index contributed by atoms with van der Waals surface area (Å²) in [6.07, 6.45) is 2.45. The summed E-state index contributed by atoms with van der Waals surface area (Å²) in [5.74, 6) is 0. The van der Waals surface area contributed by atoms with Crippen molar-refractivity contribution in [3.63, 3.8) is 0 Å². The van der Waals surface area contributed by atoms with Crippen LogP contribution in [-0.2, 0) is 13.6 Å². The summed E-state index contributed by atoms with van der Waals surface area (Å²) in [5.41, 5.74) is 4.35. The number of piperazine rings is 1. The van der Waals surface area contributed by atoms with Gasteiger partial charge in [0.05, 0.1) is 11.3 Å². The van der Waals surface area contributed by atoms with Crippen LogP contribution in [0.15, 0.2) is 65.5 Å². The van der Waals surface area contributed by atoms with Gasteiger partial charge in [0.2, 0.25) is 0 Å². The summed E-state index contributed by atoms with van der Waals surface area (Å²) in [7, 11) is 1.98. The van der Waals surface area contributed by atoms with Crippen LogP contribution in [0.5, 0.6) is 0 Å². The lowest BCUT2D eigenvalue weighted by molar-refractivity contribution is 0.0885. The van der Waals surface area contributed by atoms with E-state index in [-0.39, 0.29) is 5.56 Å². The van der Waals surface area contributed by atoms with Crippen molar-refractivity contribution in [2.75, 3.05) is 44.2 Å². The molecule has 6 heteroatoms. The maximum absolute atomic E-state index is 13.3. The van der Waals surface area contributed by atoms with Gasteiger partial charge < -0.3 is 4.90 Å². The molecule has 6 nitrogen and oxygen atoms in total. The Morgan fingerprint density at radius 3 is 2.15 bits per heavy atom. The number of piperidine rings is 1. The lowest BCUT2D eigenvalue weighted by Gasteiger charge is -2.44. The van der Waals surface area contributed by atoms with E-state index in [2.05, 4.69) is 52.0 Å². The fraction of sp³-hybridized carbons (Fsp3) is 0.444. The number of aromatic nitrogens is 2. The molecular weight excluding hydrogens is 410 g/mol. The maximum Gasteiger partial charge on any atom is 0.276 e. The Labute approximate surface area is 196 Å². The molecule has 0 saturated carbocycles. The van der Waals surface area contributed by atoms with Crippen molar-refractivity contribution in [3.8, 4) is 5.69 Å². The minimum atomic E-state index is 0.111. The molecule has 174 valence electrons. The quantitative estimate of drug-likeness (QED) is 0.604. The van der Waals surface area contributed by atoms with Crippen molar-refractivity contribution >= 4 is 5.69 Å². The van der Waals surface area contributed by atoms with Crippen LogP contribution in [0.4, 0.5) is 5.69 Å². The molecule has 0 bridgehead atoms. The molecule has 0 amide bonds. The zero-order chi connectivity index (χ0) is 22.8. The highest BCUT2D eigenvalue weighted by atomic mass is 16.1. The Bertz CT molecular complexity index is 1110. The van der Waals surface area contributed by atoms with Crippen LogP contribution in [0.2, 0.25) is 0 Å². The van der Waals surface area contributed by atoms with Gasteiger partial charge in [-0.3, -0.25) is 19.3 Å². The van der Waals surface area contributed by atoms with Crippen molar-refractivity contribution in [2.24, 2.45) is 7.05 Å². The van der Waals surface area contributed by atoms with Crippen LogP contribution >= 0.6 is 0 Å². The van der Waals surface area contributed by atoms with Gasteiger partial charge >= 0.3 is 0 Å². The van der Waals surface area contributed by atoms with Gasteiger partial charge in [-0.25, -0.2) is 4.68 Å². The molecule has 0 radical (unpaired) electrons. The van der Waals surface area contributed by atoms with Gasteiger partial charge in [-0.2, -0.15) is 0 Å². The highest BCUT2D eigenvalue weighted by Gasteiger charge is 2.29. The first-order chi connectivity index (χ1) is 16.1. The van der Waals surface area contributed by atoms with Gasteiger partial charge in [-0.1, -0.05) is 36.4 Å². The van der Waals surface area contributed by atoms with E-state index in [1.54, 1.807) is 4.68 Å². The van der Waals surface area contributed by atoms with Gasteiger partial charge in [0.1, 0.15) is 0 Å². The zero-order valence-corrected chi connectivity index (χ0v) is 19.9. The van der Waals surface area contributed by atoms with Crippen molar-refractivity contribution in [2.45, 2.75) is 32.4 Å². The van der Waals surface area contributed by atoms with Gasteiger partial charge in [0.25, 0.3) is 5.56 Å². The second-order valence-corrected chi connectivity index (χ2v) is 9.43. The van der Waals surface area contributed by atoms with Crippen molar-refractivity contribution in [3.05, 3.63) is 82.3 Å². The molecule has 0 unspecified atom stereocenters. The second kappa shape index (κ2) is 9.57. The van der Waals surface area contributed by atoms with E-state index in [4.69, 9.17) is 0 Å². The summed E-state index contributed by atoms with van der Waals surface area (Å²) in [6, 6.07) is 21.3.